The molecule has 0 radical (unpaired) electrons. The Kier molecular flexibility index (Phi) is 4.86. The van der Waals surface area contributed by atoms with Gasteiger partial charge in [0.2, 0.25) is 10.0 Å². The summed E-state index contributed by atoms with van der Waals surface area (Å²) in [5, 5.41) is 4.70. The van der Waals surface area contributed by atoms with E-state index in [1.54, 1.807) is 6.20 Å². The highest BCUT2D eigenvalue weighted by molar-refractivity contribution is 7.89. The van der Waals surface area contributed by atoms with Gasteiger partial charge in [0.15, 0.2) is 0 Å². The minimum absolute atomic E-state index is 0.137. The molecule has 0 amide bonds. The van der Waals surface area contributed by atoms with Crippen LogP contribution in [-0.2, 0) is 29.5 Å². The Morgan fingerprint density at radius 1 is 1.45 bits per heavy atom. The second kappa shape index (κ2) is 6.44. The second-order valence-electron chi connectivity index (χ2n) is 4.13. The minimum atomic E-state index is -3.56. The molecule has 9 heteroatoms. The third-order valence-electron chi connectivity index (χ3n) is 2.64. The third-order valence-corrected chi connectivity index (χ3v) is 5.14. The van der Waals surface area contributed by atoms with Gasteiger partial charge in [0.1, 0.15) is 9.90 Å². The zero-order valence-electron chi connectivity index (χ0n) is 11.1. The topological polar surface area (TPSA) is 103 Å². The average molecular weight is 315 g/mol. The molecule has 0 aliphatic heterocycles. The van der Waals surface area contributed by atoms with E-state index < -0.39 is 10.0 Å². The SMILES string of the molecule is CCc1cnc(CNS(=O)(=O)c2cnn(CCN)c2)s1. The first-order valence-electron chi connectivity index (χ1n) is 6.21. The predicted octanol–water partition coefficient (Wildman–Crippen LogP) is 0.339. The van der Waals surface area contributed by atoms with Crippen LogP contribution in [-0.4, -0.2) is 29.7 Å². The molecule has 0 saturated heterocycles. The standard InChI is InChI=1S/C11H17N5O2S2/c1-2-9-5-13-11(19-9)7-15-20(17,18)10-6-14-16(8-10)4-3-12/h5-6,8,15H,2-4,7,12H2,1H3. The van der Waals surface area contributed by atoms with Crippen LogP contribution >= 0.6 is 11.3 Å². The van der Waals surface area contributed by atoms with Crippen LogP contribution < -0.4 is 10.5 Å². The molecule has 0 aromatic carbocycles. The van der Waals surface area contributed by atoms with Crippen molar-refractivity contribution >= 4 is 21.4 Å². The first kappa shape index (κ1) is 15.1. The van der Waals surface area contributed by atoms with E-state index in [9.17, 15) is 8.42 Å². The van der Waals surface area contributed by atoms with Crippen molar-refractivity contribution in [2.75, 3.05) is 6.54 Å². The van der Waals surface area contributed by atoms with Crippen molar-refractivity contribution in [2.24, 2.45) is 5.73 Å². The van der Waals surface area contributed by atoms with Crippen LogP contribution in [0.2, 0.25) is 0 Å². The smallest absolute Gasteiger partial charge is 0.244 e. The van der Waals surface area contributed by atoms with Gasteiger partial charge in [-0.05, 0) is 6.42 Å². The fourth-order valence-electron chi connectivity index (χ4n) is 1.57. The number of nitrogens with zero attached hydrogens (tertiary/aromatic N) is 3. The molecular weight excluding hydrogens is 298 g/mol. The molecule has 0 aliphatic carbocycles. The maximum atomic E-state index is 12.1. The lowest BCUT2D eigenvalue weighted by Gasteiger charge is -2.02. The molecule has 20 heavy (non-hydrogen) atoms. The van der Waals surface area contributed by atoms with Gasteiger partial charge in [-0.2, -0.15) is 5.10 Å². The van der Waals surface area contributed by atoms with Gasteiger partial charge in [-0.15, -0.1) is 11.3 Å². The molecule has 0 atom stereocenters. The van der Waals surface area contributed by atoms with E-state index >= 15 is 0 Å². The van der Waals surface area contributed by atoms with Crippen LogP contribution in [0, 0.1) is 0 Å². The summed E-state index contributed by atoms with van der Waals surface area (Å²) in [6.07, 6.45) is 5.45. The van der Waals surface area contributed by atoms with E-state index in [0.29, 0.717) is 13.1 Å². The zero-order chi connectivity index (χ0) is 14.6. The van der Waals surface area contributed by atoms with E-state index in [-0.39, 0.29) is 11.4 Å². The van der Waals surface area contributed by atoms with E-state index in [4.69, 9.17) is 5.73 Å². The molecule has 2 heterocycles. The fourth-order valence-corrected chi connectivity index (χ4v) is 3.40. The maximum absolute atomic E-state index is 12.1. The minimum Gasteiger partial charge on any atom is -0.329 e. The number of aryl methyl sites for hydroxylation is 1. The largest absolute Gasteiger partial charge is 0.329 e. The summed E-state index contributed by atoms with van der Waals surface area (Å²) in [6.45, 7) is 3.12. The van der Waals surface area contributed by atoms with Gasteiger partial charge < -0.3 is 5.73 Å². The van der Waals surface area contributed by atoms with Gasteiger partial charge in [-0.3, -0.25) is 4.68 Å². The normalized spacial score (nSPS) is 11.9. The van der Waals surface area contributed by atoms with Gasteiger partial charge >= 0.3 is 0 Å². The Labute approximate surface area is 121 Å². The number of aromatic nitrogens is 3. The fraction of sp³-hybridized carbons (Fsp3) is 0.455. The number of hydrogen-bond acceptors (Lipinski definition) is 6. The van der Waals surface area contributed by atoms with Crippen molar-refractivity contribution in [3.63, 3.8) is 0 Å². The summed E-state index contributed by atoms with van der Waals surface area (Å²) >= 11 is 1.51. The lowest BCUT2D eigenvalue weighted by atomic mass is 10.4. The second-order valence-corrected chi connectivity index (χ2v) is 7.09. The molecule has 0 bridgehead atoms. The molecule has 110 valence electrons. The summed E-state index contributed by atoms with van der Waals surface area (Å²) in [4.78, 5) is 5.44. The Bertz CT molecular complexity index is 662. The van der Waals surface area contributed by atoms with E-state index in [2.05, 4.69) is 14.8 Å². The van der Waals surface area contributed by atoms with Crippen LogP contribution in [0.4, 0.5) is 0 Å². The van der Waals surface area contributed by atoms with Crippen molar-refractivity contribution in [1.29, 1.82) is 0 Å². The summed E-state index contributed by atoms with van der Waals surface area (Å²) in [5.74, 6) is 0. The quantitative estimate of drug-likeness (QED) is 0.767. The Balaban J connectivity index is 2.02. The molecule has 3 N–H and O–H groups in total. The molecule has 0 fully saturated rings. The van der Waals surface area contributed by atoms with Crippen LogP contribution in [0.5, 0.6) is 0 Å². The number of thiazole rings is 1. The zero-order valence-corrected chi connectivity index (χ0v) is 12.7. The molecule has 7 nitrogen and oxygen atoms in total. The summed E-state index contributed by atoms with van der Waals surface area (Å²) in [5.41, 5.74) is 5.40. The Hall–Kier alpha value is -1.29. The van der Waals surface area contributed by atoms with Crippen molar-refractivity contribution in [3.05, 3.63) is 28.5 Å². The average Bonchev–Trinajstić information content (AvgIpc) is 3.06. The number of hydrogen-bond donors (Lipinski definition) is 2. The highest BCUT2D eigenvalue weighted by atomic mass is 32.2. The van der Waals surface area contributed by atoms with Crippen LogP contribution in [0.25, 0.3) is 0 Å². The lowest BCUT2D eigenvalue weighted by Crippen LogP contribution is -2.22. The summed E-state index contributed by atoms with van der Waals surface area (Å²) in [6, 6.07) is 0. The first-order chi connectivity index (χ1) is 9.55. The first-order valence-corrected chi connectivity index (χ1v) is 8.51. The van der Waals surface area contributed by atoms with Gasteiger partial charge in [0.25, 0.3) is 0 Å². The Morgan fingerprint density at radius 3 is 2.90 bits per heavy atom. The van der Waals surface area contributed by atoms with Crippen molar-refractivity contribution in [3.8, 4) is 0 Å². The van der Waals surface area contributed by atoms with E-state index in [1.165, 1.54) is 28.4 Å². The molecule has 2 aromatic rings. The number of nitrogens with one attached hydrogen (secondary N) is 1. The number of sulfonamides is 1. The van der Waals surface area contributed by atoms with Gasteiger partial charge in [0, 0.05) is 23.8 Å². The molecule has 0 spiro atoms. The van der Waals surface area contributed by atoms with Gasteiger partial charge in [-0.1, -0.05) is 6.92 Å². The van der Waals surface area contributed by atoms with E-state index in [0.717, 1.165) is 16.3 Å². The number of rotatable bonds is 7. The van der Waals surface area contributed by atoms with Crippen LogP contribution in [0.3, 0.4) is 0 Å². The van der Waals surface area contributed by atoms with Crippen molar-refractivity contribution in [2.45, 2.75) is 31.3 Å². The summed E-state index contributed by atoms with van der Waals surface area (Å²) < 4.78 is 28.2. The van der Waals surface area contributed by atoms with Gasteiger partial charge in [0.05, 0.1) is 19.3 Å². The number of nitrogens with two attached hydrogens (primary N) is 1. The lowest BCUT2D eigenvalue weighted by molar-refractivity contribution is 0.580. The maximum Gasteiger partial charge on any atom is 0.244 e. The highest BCUT2D eigenvalue weighted by Gasteiger charge is 2.16. The molecule has 0 unspecified atom stereocenters. The van der Waals surface area contributed by atoms with Crippen LogP contribution in [0.15, 0.2) is 23.5 Å². The van der Waals surface area contributed by atoms with Crippen molar-refractivity contribution in [1.82, 2.24) is 19.5 Å². The monoisotopic (exact) mass is 315 g/mol. The van der Waals surface area contributed by atoms with Crippen molar-refractivity contribution < 1.29 is 8.42 Å². The third kappa shape index (κ3) is 3.63. The summed E-state index contributed by atoms with van der Waals surface area (Å²) in [7, 11) is -3.56. The molecule has 0 aliphatic rings. The highest BCUT2D eigenvalue weighted by Crippen LogP contribution is 2.14. The van der Waals surface area contributed by atoms with Gasteiger partial charge in [-0.25, -0.2) is 18.1 Å². The molecule has 2 rings (SSSR count). The molecular formula is C11H17N5O2S2. The van der Waals surface area contributed by atoms with E-state index in [1.807, 2.05) is 6.92 Å². The predicted molar refractivity (Wildman–Crippen MR) is 76.8 cm³/mol. The Morgan fingerprint density at radius 2 is 2.25 bits per heavy atom. The van der Waals surface area contributed by atoms with Crippen LogP contribution in [0.1, 0.15) is 16.8 Å². The molecule has 2 aromatic heterocycles. The molecule has 0 saturated carbocycles.